The molecule has 6 heteroatoms. The van der Waals surface area contributed by atoms with Crippen LogP contribution in [0.3, 0.4) is 0 Å². The van der Waals surface area contributed by atoms with E-state index in [-0.39, 0.29) is 5.75 Å². The van der Waals surface area contributed by atoms with Crippen molar-refractivity contribution in [2.24, 2.45) is 5.73 Å². The number of ether oxygens (including phenoxy) is 1. The largest absolute Gasteiger partial charge is 0.385 e. The predicted octanol–water partition coefficient (Wildman–Crippen LogP) is 0.887. The zero-order valence-corrected chi connectivity index (χ0v) is 13.0. The van der Waals surface area contributed by atoms with Crippen molar-refractivity contribution in [3.05, 3.63) is 29.8 Å². The first-order chi connectivity index (χ1) is 9.49. The molecule has 0 fully saturated rings. The zero-order chi connectivity index (χ0) is 15.0. The van der Waals surface area contributed by atoms with Gasteiger partial charge in [-0.1, -0.05) is 12.1 Å². The van der Waals surface area contributed by atoms with Crippen molar-refractivity contribution in [1.82, 2.24) is 4.90 Å². The van der Waals surface area contributed by atoms with Crippen molar-refractivity contribution in [3.63, 3.8) is 0 Å². The van der Waals surface area contributed by atoms with Crippen LogP contribution in [0.2, 0.25) is 0 Å². The average Bonchev–Trinajstić information content (AvgIpc) is 2.45. The fourth-order valence-corrected chi connectivity index (χ4v) is 3.25. The molecule has 1 aromatic carbocycles. The van der Waals surface area contributed by atoms with Crippen LogP contribution in [0.15, 0.2) is 29.2 Å². The highest BCUT2D eigenvalue weighted by Gasteiger charge is 2.15. The summed E-state index contributed by atoms with van der Waals surface area (Å²) in [6, 6.07) is 6.84. The Morgan fingerprint density at radius 2 is 2.05 bits per heavy atom. The van der Waals surface area contributed by atoms with E-state index in [0.29, 0.717) is 24.6 Å². The third-order valence-corrected chi connectivity index (χ3v) is 4.82. The lowest BCUT2D eigenvalue weighted by Gasteiger charge is -2.16. The van der Waals surface area contributed by atoms with Gasteiger partial charge in [0.15, 0.2) is 9.84 Å². The highest BCUT2D eigenvalue weighted by Crippen LogP contribution is 2.13. The maximum absolute atomic E-state index is 12.2. The first-order valence-corrected chi connectivity index (χ1v) is 8.34. The molecule has 20 heavy (non-hydrogen) atoms. The van der Waals surface area contributed by atoms with Crippen molar-refractivity contribution in [3.8, 4) is 0 Å². The lowest BCUT2D eigenvalue weighted by molar-refractivity contribution is 0.181. The number of sulfone groups is 1. The summed E-state index contributed by atoms with van der Waals surface area (Å²) in [5, 5.41) is 0. The molecule has 1 aromatic rings. The van der Waals surface area contributed by atoms with E-state index >= 15 is 0 Å². The quantitative estimate of drug-likeness (QED) is 0.686. The van der Waals surface area contributed by atoms with Crippen molar-refractivity contribution in [2.75, 3.05) is 39.6 Å². The first-order valence-electron chi connectivity index (χ1n) is 6.69. The Balaban J connectivity index is 2.56. The summed E-state index contributed by atoms with van der Waals surface area (Å²) in [6.07, 6.45) is 0.899. The van der Waals surface area contributed by atoms with E-state index in [9.17, 15) is 8.42 Å². The van der Waals surface area contributed by atoms with Crippen LogP contribution in [0.5, 0.6) is 0 Å². The minimum atomic E-state index is -3.25. The third-order valence-electron chi connectivity index (χ3n) is 3.12. The van der Waals surface area contributed by atoms with Gasteiger partial charge in [0, 0.05) is 33.4 Å². The normalized spacial score (nSPS) is 12.0. The summed E-state index contributed by atoms with van der Waals surface area (Å²) >= 11 is 0. The van der Waals surface area contributed by atoms with Crippen LogP contribution in [0.4, 0.5) is 0 Å². The lowest BCUT2D eigenvalue weighted by atomic mass is 10.2. The maximum Gasteiger partial charge on any atom is 0.179 e. The number of nitrogens with zero attached hydrogens (tertiary/aromatic N) is 1. The third kappa shape index (κ3) is 5.58. The Bertz CT molecular complexity index is 503. The van der Waals surface area contributed by atoms with Crippen LogP contribution in [0.25, 0.3) is 0 Å². The number of nitrogens with two attached hydrogens (primary N) is 1. The molecule has 2 N–H and O–H groups in total. The van der Waals surface area contributed by atoms with Gasteiger partial charge >= 0.3 is 0 Å². The van der Waals surface area contributed by atoms with Crippen LogP contribution >= 0.6 is 0 Å². The zero-order valence-electron chi connectivity index (χ0n) is 12.2. The lowest BCUT2D eigenvalue weighted by Crippen LogP contribution is -2.27. The predicted molar refractivity (Wildman–Crippen MR) is 80.4 cm³/mol. The molecule has 0 aromatic heterocycles. The summed E-state index contributed by atoms with van der Waals surface area (Å²) in [5.41, 5.74) is 6.37. The fraction of sp³-hybridized carbons (Fsp3) is 0.571. The molecule has 0 saturated heterocycles. The second-order valence-corrected chi connectivity index (χ2v) is 6.93. The van der Waals surface area contributed by atoms with Crippen LogP contribution in [0.1, 0.15) is 12.0 Å². The molecule has 0 saturated carbocycles. The average molecular weight is 300 g/mol. The van der Waals surface area contributed by atoms with Gasteiger partial charge in [0.1, 0.15) is 0 Å². The van der Waals surface area contributed by atoms with Crippen molar-refractivity contribution in [1.29, 1.82) is 0 Å². The number of hydrogen-bond donors (Lipinski definition) is 1. The van der Waals surface area contributed by atoms with Gasteiger partial charge in [-0.25, -0.2) is 8.42 Å². The summed E-state index contributed by atoms with van der Waals surface area (Å²) < 4.78 is 29.5. The fourth-order valence-electron chi connectivity index (χ4n) is 1.85. The minimum absolute atomic E-state index is 0.116. The topological polar surface area (TPSA) is 72.6 Å². The molecule has 0 heterocycles. The van der Waals surface area contributed by atoms with Gasteiger partial charge in [0.05, 0.1) is 10.6 Å². The maximum atomic E-state index is 12.2. The van der Waals surface area contributed by atoms with Gasteiger partial charge in [0.25, 0.3) is 0 Å². The Kier molecular flexibility index (Phi) is 7.15. The molecule has 0 aliphatic heterocycles. The number of benzene rings is 1. The van der Waals surface area contributed by atoms with E-state index in [0.717, 1.165) is 18.5 Å². The van der Waals surface area contributed by atoms with Crippen LogP contribution in [-0.2, 0) is 21.1 Å². The molecule has 0 aliphatic carbocycles. The highest BCUT2D eigenvalue weighted by molar-refractivity contribution is 7.91. The molecule has 0 atom stereocenters. The molecule has 0 spiro atoms. The molecule has 0 unspecified atom stereocenters. The van der Waals surface area contributed by atoms with E-state index in [1.54, 1.807) is 25.3 Å². The Morgan fingerprint density at radius 3 is 2.70 bits per heavy atom. The molecular weight excluding hydrogens is 276 g/mol. The summed E-state index contributed by atoms with van der Waals surface area (Å²) in [7, 11) is 0.333. The molecule has 0 aliphatic rings. The van der Waals surface area contributed by atoms with Gasteiger partial charge in [-0.3, -0.25) is 0 Å². The minimum Gasteiger partial charge on any atom is -0.385 e. The molecule has 1 rings (SSSR count). The number of rotatable bonds is 9. The van der Waals surface area contributed by atoms with E-state index in [1.165, 1.54) is 0 Å². The molecule has 114 valence electrons. The number of methoxy groups -OCH3 is 1. The molecule has 0 amide bonds. The van der Waals surface area contributed by atoms with Gasteiger partial charge in [-0.15, -0.1) is 0 Å². The smallest absolute Gasteiger partial charge is 0.179 e. The Morgan fingerprint density at radius 1 is 1.30 bits per heavy atom. The van der Waals surface area contributed by atoms with E-state index in [1.807, 2.05) is 18.0 Å². The van der Waals surface area contributed by atoms with Crippen LogP contribution in [-0.4, -0.2) is 52.9 Å². The SMILES string of the molecule is COCCCN(C)CCS(=O)(=O)c1cccc(CN)c1. The van der Waals surface area contributed by atoms with Crippen molar-refractivity contribution >= 4 is 9.84 Å². The highest BCUT2D eigenvalue weighted by atomic mass is 32.2. The second-order valence-electron chi connectivity index (χ2n) is 4.82. The number of hydrogen-bond acceptors (Lipinski definition) is 5. The van der Waals surface area contributed by atoms with Gasteiger partial charge in [0.2, 0.25) is 0 Å². The van der Waals surface area contributed by atoms with Crippen molar-refractivity contribution in [2.45, 2.75) is 17.9 Å². The van der Waals surface area contributed by atoms with E-state index in [2.05, 4.69) is 0 Å². The summed E-state index contributed by atoms with van der Waals surface area (Å²) in [5.74, 6) is 0.116. The molecule has 0 radical (unpaired) electrons. The standard InChI is InChI=1S/C14H24N2O3S/c1-16(7-4-9-19-2)8-10-20(17,18)14-6-3-5-13(11-14)12-15/h3,5-6,11H,4,7-10,12,15H2,1-2H3. The first kappa shape index (κ1) is 17.1. The molecular formula is C14H24N2O3S. The summed E-state index contributed by atoms with van der Waals surface area (Å²) in [4.78, 5) is 2.36. The monoisotopic (exact) mass is 300 g/mol. The molecule has 5 nitrogen and oxygen atoms in total. The van der Waals surface area contributed by atoms with Crippen LogP contribution < -0.4 is 5.73 Å². The Labute approximate surface area is 121 Å². The second kappa shape index (κ2) is 8.36. The van der Waals surface area contributed by atoms with Gasteiger partial charge < -0.3 is 15.4 Å². The van der Waals surface area contributed by atoms with Gasteiger partial charge in [-0.2, -0.15) is 0 Å². The van der Waals surface area contributed by atoms with E-state index in [4.69, 9.17) is 10.5 Å². The van der Waals surface area contributed by atoms with Crippen LogP contribution in [0, 0.1) is 0 Å². The summed E-state index contributed by atoms with van der Waals surface area (Å²) in [6.45, 7) is 2.38. The van der Waals surface area contributed by atoms with E-state index < -0.39 is 9.84 Å². The van der Waals surface area contributed by atoms with Crippen molar-refractivity contribution < 1.29 is 13.2 Å². The Hall–Kier alpha value is -0.950. The molecule has 0 bridgehead atoms. The van der Waals surface area contributed by atoms with Gasteiger partial charge in [-0.05, 0) is 31.2 Å².